The Morgan fingerprint density at radius 2 is 1.47 bits per heavy atom. The van der Waals surface area contributed by atoms with E-state index in [1.54, 1.807) is 0 Å². The van der Waals surface area contributed by atoms with Gasteiger partial charge in [-0.25, -0.2) is 0 Å². The summed E-state index contributed by atoms with van der Waals surface area (Å²) in [5, 5.41) is 0. The number of carbonyl (C=O) groups is 1. The third-order valence-corrected chi connectivity index (χ3v) is 6.65. The zero-order valence-electron chi connectivity index (χ0n) is 18.6. The molecule has 5 nitrogen and oxygen atoms in total. The van der Waals surface area contributed by atoms with Crippen LogP contribution in [0.25, 0.3) is 0 Å². The van der Waals surface area contributed by atoms with Crippen molar-refractivity contribution in [1.29, 1.82) is 0 Å². The van der Waals surface area contributed by atoms with Crippen molar-refractivity contribution in [2.24, 2.45) is 0 Å². The second-order valence-electron chi connectivity index (χ2n) is 8.69. The predicted octanol–water partition coefficient (Wildman–Crippen LogP) is 3.08. The van der Waals surface area contributed by atoms with Gasteiger partial charge in [-0.1, -0.05) is 24.3 Å². The molecule has 2 aromatic carbocycles. The highest BCUT2D eigenvalue weighted by atomic mass is 16.2. The summed E-state index contributed by atoms with van der Waals surface area (Å²) in [6, 6.07) is 15.2. The Labute approximate surface area is 180 Å². The highest BCUT2D eigenvalue weighted by molar-refractivity contribution is 5.78. The minimum atomic E-state index is 0.277. The standard InChI is InChI=1S/C25H34N4O/c1-20-6-4-8-23(18-20)27-14-16-29(17-15-27)25(30)19-26-10-12-28(13-11-26)24-9-5-7-21(2)22(24)3/h4-9,18H,10-17,19H2,1-3H3. The topological polar surface area (TPSA) is 30.0 Å². The fourth-order valence-electron chi connectivity index (χ4n) is 4.56. The number of aryl methyl sites for hydroxylation is 2. The molecule has 2 aliphatic rings. The number of benzene rings is 2. The summed E-state index contributed by atoms with van der Waals surface area (Å²) in [6.07, 6.45) is 0. The average molecular weight is 407 g/mol. The van der Waals surface area contributed by atoms with Crippen LogP contribution in [0, 0.1) is 20.8 Å². The molecule has 0 aliphatic carbocycles. The van der Waals surface area contributed by atoms with Crippen LogP contribution in [-0.4, -0.2) is 74.6 Å². The summed E-state index contributed by atoms with van der Waals surface area (Å²) in [5.41, 5.74) is 6.60. The number of piperazine rings is 2. The van der Waals surface area contributed by atoms with Gasteiger partial charge in [-0.15, -0.1) is 0 Å². The van der Waals surface area contributed by atoms with Crippen LogP contribution >= 0.6 is 0 Å². The first-order valence-electron chi connectivity index (χ1n) is 11.1. The number of amides is 1. The van der Waals surface area contributed by atoms with E-state index in [4.69, 9.17) is 0 Å². The van der Waals surface area contributed by atoms with Gasteiger partial charge in [0, 0.05) is 63.7 Å². The van der Waals surface area contributed by atoms with Gasteiger partial charge < -0.3 is 14.7 Å². The van der Waals surface area contributed by atoms with E-state index in [1.807, 2.05) is 4.90 Å². The molecule has 0 radical (unpaired) electrons. The second-order valence-corrected chi connectivity index (χ2v) is 8.69. The first-order valence-corrected chi connectivity index (χ1v) is 11.1. The van der Waals surface area contributed by atoms with Gasteiger partial charge in [0.1, 0.15) is 0 Å². The average Bonchev–Trinajstić information content (AvgIpc) is 2.76. The summed E-state index contributed by atoms with van der Waals surface area (Å²) in [4.78, 5) is 22.1. The quantitative estimate of drug-likeness (QED) is 0.781. The molecule has 1 amide bonds. The van der Waals surface area contributed by atoms with Crippen LogP contribution in [0.4, 0.5) is 11.4 Å². The summed E-state index contributed by atoms with van der Waals surface area (Å²) in [7, 11) is 0. The molecule has 30 heavy (non-hydrogen) atoms. The number of anilines is 2. The molecular weight excluding hydrogens is 372 g/mol. The van der Waals surface area contributed by atoms with Gasteiger partial charge >= 0.3 is 0 Å². The van der Waals surface area contributed by atoms with Gasteiger partial charge in [0.05, 0.1) is 6.54 Å². The van der Waals surface area contributed by atoms with Crippen LogP contribution in [0.5, 0.6) is 0 Å². The maximum absolute atomic E-state index is 12.9. The fraction of sp³-hybridized carbons (Fsp3) is 0.480. The Hall–Kier alpha value is -2.53. The molecule has 0 atom stereocenters. The van der Waals surface area contributed by atoms with Crippen molar-refractivity contribution in [3.63, 3.8) is 0 Å². The SMILES string of the molecule is Cc1cccc(N2CCN(C(=O)CN3CCN(c4cccc(C)c4C)CC3)CC2)c1. The van der Waals surface area contributed by atoms with Crippen LogP contribution in [-0.2, 0) is 4.79 Å². The molecular formula is C25H34N4O. The number of hydrogen-bond acceptors (Lipinski definition) is 4. The number of carbonyl (C=O) groups excluding carboxylic acids is 1. The first-order chi connectivity index (χ1) is 14.5. The molecule has 2 fully saturated rings. The monoisotopic (exact) mass is 406 g/mol. The van der Waals surface area contributed by atoms with E-state index in [1.165, 1.54) is 28.1 Å². The van der Waals surface area contributed by atoms with Crippen LogP contribution < -0.4 is 9.80 Å². The van der Waals surface area contributed by atoms with Crippen molar-refractivity contribution in [3.8, 4) is 0 Å². The van der Waals surface area contributed by atoms with E-state index >= 15 is 0 Å². The summed E-state index contributed by atoms with van der Waals surface area (Å²) < 4.78 is 0. The van der Waals surface area contributed by atoms with Crippen LogP contribution in [0.3, 0.4) is 0 Å². The maximum atomic E-state index is 12.9. The van der Waals surface area contributed by atoms with Crippen LogP contribution in [0.2, 0.25) is 0 Å². The predicted molar refractivity (Wildman–Crippen MR) is 125 cm³/mol. The Morgan fingerprint density at radius 3 is 2.17 bits per heavy atom. The van der Waals surface area contributed by atoms with Gasteiger partial charge in [0.2, 0.25) is 5.91 Å². The van der Waals surface area contributed by atoms with Crippen molar-refractivity contribution in [2.45, 2.75) is 20.8 Å². The largest absolute Gasteiger partial charge is 0.369 e. The van der Waals surface area contributed by atoms with E-state index in [0.29, 0.717) is 6.54 Å². The minimum Gasteiger partial charge on any atom is -0.369 e. The molecule has 0 bridgehead atoms. The molecule has 2 aliphatic heterocycles. The lowest BCUT2D eigenvalue weighted by molar-refractivity contribution is -0.132. The molecule has 2 saturated heterocycles. The molecule has 160 valence electrons. The van der Waals surface area contributed by atoms with E-state index in [0.717, 1.165) is 52.4 Å². The summed E-state index contributed by atoms with van der Waals surface area (Å²) in [6.45, 7) is 14.4. The summed E-state index contributed by atoms with van der Waals surface area (Å²) >= 11 is 0. The zero-order chi connectivity index (χ0) is 21.1. The Balaban J connectivity index is 1.25. The van der Waals surface area contributed by atoms with Crippen LogP contribution in [0.1, 0.15) is 16.7 Å². The Bertz CT molecular complexity index is 880. The van der Waals surface area contributed by atoms with Crippen molar-refractivity contribution < 1.29 is 4.79 Å². The van der Waals surface area contributed by atoms with Crippen molar-refractivity contribution in [1.82, 2.24) is 9.80 Å². The highest BCUT2D eigenvalue weighted by Crippen LogP contribution is 2.24. The summed E-state index contributed by atoms with van der Waals surface area (Å²) in [5.74, 6) is 0.277. The lowest BCUT2D eigenvalue weighted by Gasteiger charge is -2.39. The van der Waals surface area contributed by atoms with Gasteiger partial charge in [-0.05, 0) is 55.7 Å². The van der Waals surface area contributed by atoms with Gasteiger partial charge in [0.25, 0.3) is 0 Å². The Morgan fingerprint density at radius 1 is 0.800 bits per heavy atom. The fourth-order valence-corrected chi connectivity index (χ4v) is 4.56. The van der Waals surface area contributed by atoms with Crippen molar-refractivity contribution >= 4 is 17.3 Å². The number of rotatable bonds is 4. The molecule has 0 spiro atoms. The van der Waals surface area contributed by atoms with Gasteiger partial charge in [0.15, 0.2) is 0 Å². The minimum absolute atomic E-state index is 0.277. The highest BCUT2D eigenvalue weighted by Gasteiger charge is 2.25. The Kier molecular flexibility index (Phi) is 6.28. The molecule has 0 saturated carbocycles. The lowest BCUT2D eigenvalue weighted by Crippen LogP contribution is -2.54. The smallest absolute Gasteiger partial charge is 0.236 e. The molecule has 2 heterocycles. The zero-order valence-corrected chi connectivity index (χ0v) is 18.6. The molecule has 0 aromatic heterocycles. The number of hydrogen-bond donors (Lipinski definition) is 0. The van der Waals surface area contributed by atoms with Crippen molar-refractivity contribution in [2.75, 3.05) is 68.7 Å². The van der Waals surface area contributed by atoms with Crippen LogP contribution in [0.15, 0.2) is 42.5 Å². The third-order valence-electron chi connectivity index (χ3n) is 6.65. The second kappa shape index (κ2) is 9.09. The lowest BCUT2D eigenvalue weighted by atomic mass is 10.1. The van der Waals surface area contributed by atoms with Gasteiger partial charge in [-0.3, -0.25) is 9.69 Å². The van der Waals surface area contributed by atoms with E-state index in [9.17, 15) is 4.79 Å². The first kappa shape index (κ1) is 20.7. The molecule has 0 unspecified atom stereocenters. The molecule has 2 aromatic rings. The van der Waals surface area contributed by atoms with E-state index in [-0.39, 0.29) is 5.91 Å². The van der Waals surface area contributed by atoms with Gasteiger partial charge in [-0.2, -0.15) is 0 Å². The van der Waals surface area contributed by atoms with E-state index in [2.05, 4.69) is 77.9 Å². The molecule has 0 N–H and O–H groups in total. The third kappa shape index (κ3) is 4.62. The van der Waals surface area contributed by atoms with Crippen molar-refractivity contribution in [3.05, 3.63) is 59.2 Å². The number of nitrogens with zero attached hydrogens (tertiary/aromatic N) is 4. The van der Waals surface area contributed by atoms with E-state index < -0.39 is 0 Å². The maximum Gasteiger partial charge on any atom is 0.236 e. The normalized spacial score (nSPS) is 18.0. The molecule has 4 rings (SSSR count). The molecule has 5 heteroatoms.